The lowest BCUT2D eigenvalue weighted by Crippen LogP contribution is -2.50. The van der Waals surface area contributed by atoms with Crippen molar-refractivity contribution in [3.63, 3.8) is 0 Å². The zero-order valence-corrected chi connectivity index (χ0v) is 18.9. The van der Waals surface area contributed by atoms with Gasteiger partial charge < -0.3 is 20.1 Å². The van der Waals surface area contributed by atoms with Crippen molar-refractivity contribution in [1.29, 1.82) is 0 Å². The number of hydrogen-bond acceptors (Lipinski definition) is 4. The second-order valence-electron chi connectivity index (χ2n) is 7.99. The van der Waals surface area contributed by atoms with Crippen LogP contribution in [0.2, 0.25) is 5.02 Å². The molecular weight excluding hydrogens is 416 g/mol. The Kier molecular flexibility index (Phi) is 7.57. The van der Waals surface area contributed by atoms with Crippen molar-refractivity contribution in [3.8, 4) is 5.75 Å². The Balaban J connectivity index is 1.72. The maximum absolute atomic E-state index is 12.8. The maximum atomic E-state index is 12.8. The first-order valence-corrected chi connectivity index (χ1v) is 10.8. The summed E-state index contributed by atoms with van der Waals surface area (Å²) in [4.78, 5) is 25.3. The predicted octanol–water partition coefficient (Wildman–Crippen LogP) is 3.64. The second kappa shape index (κ2) is 10.2. The predicted molar refractivity (Wildman–Crippen MR) is 121 cm³/mol. The van der Waals surface area contributed by atoms with Gasteiger partial charge in [0.15, 0.2) is 0 Å². The number of rotatable bonds is 7. The molecule has 2 aromatic carbocycles. The number of hydrogen-bond donors (Lipinski definition) is 2. The van der Waals surface area contributed by atoms with Crippen molar-refractivity contribution in [3.05, 3.63) is 64.2 Å². The molecule has 0 spiro atoms. The standard InChI is InChI=1S/C24H29ClN2O4/c1-16-8-9-21(30-3)19(14-16)24(10-12-31-13-11-24)15-26-22(28)17(2)27-23(29)18-6-4-5-7-20(18)25/h4-9,14,17H,10-13,15H2,1-3H3,(H,26,28)(H,27,29). The molecule has 2 amide bonds. The van der Waals surface area contributed by atoms with Crippen LogP contribution in [-0.4, -0.2) is 44.7 Å². The largest absolute Gasteiger partial charge is 0.496 e. The molecule has 0 radical (unpaired) electrons. The number of aryl methyl sites for hydroxylation is 1. The Labute approximate surface area is 188 Å². The summed E-state index contributed by atoms with van der Waals surface area (Å²) >= 11 is 6.09. The molecule has 0 bridgehead atoms. The lowest BCUT2D eigenvalue weighted by atomic mass is 9.73. The third-order valence-electron chi connectivity index (χ3n) is 5.84. The van der Waals surface area contributed by atoms with E-state index < -0.39 is 6.04 Å². The van der Waals surface area contributed by atoms with E-state index in [2.05, 4.69) is 16.7 Å². The van der Waals surface area contributed by atoms with Crippen molar-refractivity contribution in [2.75, 3.05) is 26.9 Å². The van der Waals surface area contributed by atoms with E-state index in [-0.39, 0.29) is 17.2 Å². The lowest BCUT2D eigenvalue weighted by molar-refractivity contribution is -0.123. The van der Waals surface area contributed by atoms with E-state index in [1.54, 1.807) is 38.3 Å². The third kappa shape index (κ3) is 5.38. The number of halogens is 1. The summed E-state index contributed by atoms with van der Waals surface area (Å²) in [6, 6.07) is 12.2. The second-order valence-corrected chi connectivity index (χ2v) is 8.40. The van der Waals surface area contributed by atoms with Gasteiger partial charge in [0.1, 0.15) is 11.8 Å². The van der Waals surface area contributed by atoms with Crippen LogP contribution in [0, 0.1) is 6.92 Å². The van der Waals surface area contributed by atoms with Crippen LogP contribution in [0.5, 0.6) is 5.75 Å². The Hall–Kier alpha value is -2.57. The fraction of sp³-hybridized carbons (Fsp3) is 0.417. The van der Waals surface area contributed by atoms with Crippen molar-refractivity contribution < 1.29 is 19.1 Å². The average Bonchev–Trinajstić information content (AvgIpc) is 2.78. The van der Waals surface area contributed by atoms with Gasteiger partial charge in [-0.2, -0.15) is 0 Å². The number of carbonyl (C=O) groups excluding carboxylic acids is 2. The average molecular weight is 445 g/mol. The Morgan fingerprint density at radius 2 is 1.90 bits per heavy atom. The molecule has 2 N–H and O–H groups in total. The summed E-state index contributed by atoms with van der Waals surface area (Å²) in [6.07, 6.45) is 1.54. The molecule has 31 heavy (non-hydrogen) atoms. The first-order chi connectivity index (χ1) is 14.9. The first kappa shape index (κ1) is 23.1. The molecule has 0 saturated carbocycles. The van der Waals surface area contributed by atoms with Gasteiger partial charge in [-0.25, -0.2) is 0 Å². The summed E-state index contributed by atoms with van der Waals surface area (Å²) in [5.41, 5.74) is 2.26. The molecule has 166 valence electrons. The number of methoxy groups -OCH3 is 1. The highest BCUT2D eigenvalue weighted by atomic mass is 35.5. The van der Waals surface area contributed by atoms with E-state index >= 15 is 0 Å². The zero-order valence-electron chi connectivity index (χ0n) is 18.2. The lowest BCUT2D eigenvalue weighted by Gasteiger charge is -2.39. The van der Waals surface area contributed by atoms with Crippen molar-refractivity contribution in [2.45, 2.75) is 38.1 Å². The van der Waals surface area contributed by atoms with Crippen molar-refractivity contribution in [2.24, 2.45) is 0 Å². The van der Waals surface area contributed by atoms with E-state index in [0.717, 1.165) is 29.7 Å². The molecule has 1 fully saturated rings. The smallest absolute Gasteiger partial charge is 0.253 e. The molecule has 1 heterocycles. The number of ether oxygens (including phenoxy) is 2. The summed E-state index contributed by atoms with van der Waals surface area (Å²) in [7, 11) is 1.66. The van der Waals surface area contributed by atoms with Crippen molar-refractivity contribution >= 4 is 23.4 Å². The highest BCUT2D eigenvalue weighted by Crippen LogP contribution is 2.40. The van der Waals surface area contributed by atoms with Gasteiger partial charge in [0.05, 0.1) is 17.7 Å². The van der Waals surface area contributed by atoms with Gasteiger partial charge in [-0.1, -0.05) is 41.4 Å². The normalized spacial score (nSPS) is 16.3. The van der Waals surface area contributed by atoms with E-state index in [0.29, 0.717) is 30.3 Å². The molecule has 2 aromatic rings. The van der Waals surface area contributed by atoms with E-state index in [9.17, 15) is 9.59 Å². The summed E-state index contributed by atoms with van der Waals surface area (Å²) in [6.45, 7) is 5.37. The molecule has 6 nitrogen and oxygen atoms in total. The molecule has 0 aromatic heterocycles. The quantitative estimate of drug-likeness (QED) is 0.683. The molecule has 1 atom stereocenters. The minimum Gasteiger partial charge on any atom is -0.496 e. The molecule has 1 aliphatic heterocycles. The number of amides is 2. The van der Waals surface area contributed by atoms with Gasteiger partial charge in [0.2, 0.25) is 5.91 Å². The Bertz CT molecular complexity index is 941. The van der Waals surface area contributed by atoms with Crippen LogP contribution in [0.1, 0.15) is 41.3 Å². The van der Waals surface area contributed by atoms with E-state index in [1.807, 2.05) is 19.1 Å². The van der Waals surface area contributed by atoms with Gasteiger partial charge >= 0.3 is 0 Å². The maximum Gasteiger partial charge on any atom is 0.253 e. The van der Waals surface area contributed by atoms with Gasteiger partial charge in [-0.3, -0.25) is 9.59 Å². The van der Waals surface area contributed by atoms with Crippen LogP contribution >= 0.6 is 11.6 Å². The summed E-state index contributed by atoms with van der Waals surface area (Å²) in [5, 5.41) is 6.11. The minimum absolute atomic E-state index is 0.252. The van der Waals surface area contributed by atoms with Crippen LogP contribution in [0.15, 0.2) is 42.5 Å². The molecule has 1 saturated heterocycles. The van der Waals surface area contributed by atoms with Crippen LogP contribution in [0.25, 0.3) is 0 Å². The van der Waals surface area contributed by atoms with Gasteiger partial charge in [-0.15, -0.1) is 0 Å². The highest BCUT2D eigenvalue weighted by molar-refractivity contribution is 6.33. The fourth-order valence-corrected chi connectivity index (χ4v) is 4.16. The Morgan fingerprint density at radius 1 is 1.19 bits per heavy atom. The summed E-state index contributed by atoms with van der Waals surface area (Å²) in [5.74, 6) is 0.175. The first-order valence-electron chi connectivity index (χ1n) is 10.4. The number of nitrogens with one attached hydrogen (secondary N) is 2. The minimum atomic E-state index is -0.708. The van der Waals surface area contributed by atoms with Gasteiger partial charge in [-0.05, 0) is 44.9 Å². The fourth-order valence-electron chi connectivity index (χ4n) is 3.93. The van der Waals surface area contributed by atoms with Crippen LogP contribution in [0.4, 0.5) is 0 Å². The third-order valence-corrected chi connectivity index (χ3v) is 6.17. The van der Waals surface area contributed by atoms with E-state index in [4.69, 9.17) is 21.1 Å². The molecule has 1 aliphatic rings. The van der Waals surface area contributed by atoms with E-state index in [1.165, 1.54) is 0 Å². The SMILES string of the molecule is COc1ccc(C)cc1C1(CNC(=O)C(C)NC(=O)c2ccccc2Cl)CCOCC1. The molecule has 7 heteroatoms. The zero-order chi connectivity index (χ0) is 22.4. The van der Waals surface area contributed by atoms with Crippen LogP contribution in [0.3, 0.4) is 0 Å². The van der Waals surface area contributed by atoms with Crippen LogP contribution < -0.4 is 15.4 Å². The van der Waals surface area contributed by atoms with Gasteiger partial charge in [0.25, 0.3) is 5.91 Å². The van der Waals surface area contributed by atoms with Gasteiger partial charge in [0, 0.05) is 30.7 Å². The molecule has 1 unspecified atom stereocenters. The van der Waals surface area contributed by atoms with Crippen molar-refractivity contribution in [1.82, 2.24) is 10.6 Å². The molecular formula is C24H29ClN2O4. The highest BCUT2D eigenvalue weighted by Gasteiger charge is 2.37. The summed E-state index contributed by atoms with van der Waals surface area (Å²) < 4.78 is 11.2. The molecule has 0 aliphatic carbocycles. The topological polar surface area (TPSA) is 76.7 Å². The monoisotopic (exact) mass is 444 g/mol. The number of carbonyl (C=O) groups is 2. The number of benzene rings is 2. The Morgan fingerprint density at radius 3 is 2.58 bits per heavy atom. The molecule has 3 rings (SSSR count). The van der Waals surface area contributed by atoms with Crippen LogP contribution in [-0.2, 0) is 14.9 Å².